The molecule has 1 aromatic carbocycles. The average molecular weight is 460 g/mol. The summed E-state index contributed by atoms with van der Waals surface area (Å²) >= 11 is 0. The standard InChI is InChI=1S/C27H33N5O2/c1-18-3-4-20-9-12-29-27(24(20)13-18)30-15-26(33)31-21-16-32(17-21)22-7-5-19(6-8-22)23-10-11-28-14-25(23)34-2/h3-4,9-14,19,21-22H,5-8,15-17H2,1-2H3,(H,29,30)(H,31,33). The third-order valence-corrected chi connectivity index (χ3v) is 7.30. The molecule has 1 aliphatic heterocycles. The highest BCUT2D eigenvalue weighted by molar-refractivity contribution is 5.93. The number of hydrogen-bond donors (Lipinski definition) is 2. The highest BCUT2D eigenvalue weighted by Gasteiger charge is 2.35. The van der Waals surface area contributed by atoms with E-state index in [1.807, 2.05) is 18.5 Å². The predicted octanol–water partition coefficient (Wildman–Crippen LogP) is 3.89. The molecule has 2 N–H and O–H groups in total. The van der Waals surface area contributed by atoms with Gasteiger partial charge in [0.05, 0.1) is 25.9 Å². The van der Waals surface area contributed by atoms with Crippen LogP contribution < -0.4 is 15.4 Å². The van der Waals surface area contributed by atoms with Gasteiger partial charge in [0, 0.05) is 42.5 Å². The van der Waals surface area contributed by atoms with Gasteiger partial charge in [0.2, 0.25) is 5.91 Å². The number of hydrogen-bond acceptors (Lipinski definition) is 6. The molecule has 3 aromatic rings. The van der Waals surface area contributed by atoms with E-state index in [2.05, 4.69) is 56.7 Å². The molecule has 7 heteroatoms. The van der Waals surface area contributed by atoms with E-state index < -0.39 is 0 Å². The van der Waals surface area contributed by atoms with E-state index in [9.17, 15) is 4.79 Å². The van der Waals surface area contributed by atoms with Crippen molar-refractivity contribution in [1.29, 1.82) is 0 Å². The summed E-state index contributed by atoms with van der Waals surface area (Å²) in [7, 11) is 1.72. The van der Waals surface area contributed by atoms with Crippen LogP contribution in [0.3, 0.4) is 0 Å². The number of amides is 1. The molecule has 0 radical (unpaired) electrons. The number of anilines is 1. The first-order chi connectivity index (χ1) is 16.6. The zero-order valence-corrected chi connectivity index (χ0v) is 20.0. The zero-order chi connectivity index (χ0) is 23.5. The van der Waals surface area contributed by atoms with Crippen LogP contribution in [0.5, 0.6) is 5.75 Å². The second kappa shape index (κ2) is 9.97. The molecule has 2 aliphatic rings. The second-order valence-electron chi connectivity index (χ2n) is 9.58. The van der Waals surface area contributed by atoms with Crippen LogP contribution in [0.4, 0.5) is 5.82 Å². The van der Waals surface area contributed by atoms with Crippen LogP contribution >= 0.6 is 0 Å². The molecule has 0 atom stereocenters. The fraction of sp³-hybridized carbons (Fsp3) is 0.444. The minimum absolute atomic E-state index is 0.0181. The minimum Gasteiger partial charge on any atom is -0.495 e. The van der Waals surface area contributed by atoms with Crippen LogP contribution in [0, 0.1) is 6.92 Å². The molecule has 1 amide bonds. The lowest BCUT2D eigenvalue weighted by molar-refractivity contribution is -0.121. The summed E-state index contributed by atoms with van der Waals surface area (Å²) in [5, 5.41) is 8.56. The van der Waals surface area contributed by atoms with Crippen LogP contribution in [0.1, 0.15) is 42.7 Å². The molecule has 0 unspecified atom stereocenters. The monoisotopic (exact) mass is 459 g/mol. The Morgan fingerprint density at radius 2 is 1.94 bits per heavy atom. The van der Waals surface area contributed by atoms with Crippen LogP contribution in [-0.4, -0.2) is 59.6 Å². The van der Waals surface area contributed by atoms with Gasteiger partial charge in [-0.2, -0.15) is 0 Å². The number of aromatic nitrogens is 2. The number of carbonyl (C=O) groups is 1. The van der Waals surface area contributed by atoms with Gasteiger partial charge < -0.3 is 15.4 Å². The summed E-state index contributed by atoms with van der Waals surface area (Å²) in [4.78, 5) is 23.7. The molecule has 1 aliphatic carbocycles. The molecule has 0 spiro atoms. The molecular formula is C27H33N5O2. The van der Waals surface area contributed by atoms with Gasteiger partial charge >= 0.3 is 0 Å². The van der Waals surface area contributed by atoms with Crippen LogP contribution in [-0.2, 0) is 4.79 Å². The number of nitrogens with zero attached hydrogens (tertiary/aromatic N) is 3. The second-order valence-corrected chi connectivity index (χ2v) is 9.58. The molecule has 2 aromatic heterocycles. The van der Waals surface area contributed by atoms with Crippen molar-refractivity contribution in [3.63, 3.8) is 0 Å². The molecule has 178 valence electrons. The molecule has 34 heavy (non-hydrogen) atoms. The Hall–Kier alpha value is -3.19. The number of likely N-dealkylation sites (tertiary alicyclic amines) is 1. The largest absolute Gasteiger partial charge is 0.495 e. The number of methoxy groups -OCH3 is 1. The lowest BCUT2D eigenvalue weighted by atomic mass is 9.80. The molecular weight excluding hydrogens is 426 g/mol. The summed E-state index contributed by atoms with van der Waals surface area (Å²) in [6.45, 7) is 4.17. The summed E-state index contributed by atoms with van der Waals surface area (Å²) in [5.74, 6) is 2.22. The minimum atomic E-state index is 0.0181. The number of rotatable bonds is 7. The highest BCUT2D eigenvalue weighted by atomic mass is 16.5. The van der Waals surface area contributed by atoms with E-state index >= 15 is 0 Å². The van der Waals surface area contributed by atoms with Gasteiger partial charge in [-0.15, -0.1) is 0 Å². The van der Waals surface area contributed by atoms with Crippen molar-refractivity contribution in [1.82, 2.24) is 20.2 Å². The van der Waals surface area contributed by atoms with Gasteiger partial charge in [-0.1, -0.05) is 17.7 Å². The van der Waals surface area contributed by atoms with Gasteiger partial charge in [-0.3, -0.25) is 14.7 Å². The lowest BCUT2D eigenvalue weighted by Gasteiger charge is -2.46. The SMILES string of the molecule is COc1cnccc1C1CCC(N2CC(NC(=O)CNc3nccc4ccc(C)cc34)C2)CC1. The van der Waals surface area contributed by atoms with Crippen LogP contribution in [0.25, 0.3) is 10.8 Å². The molecule has 1 saturated carbocycles. The number of carbonyl (C=O) groups excluding carboxylic acids is 1. The summed E-state index contributed by atoms with van der Waals surface area (Å²) in [5.41, 5.74) is 2.46. The Bertz CT molecular complexity index is 1150. The zero-order valence-electron chi connectivity index (χ0n) is 20.0. The maximum absolute atomic E-state index is 12.5. The van der Waals surface area contributed by atoms with Crippen molar-refractivity contribution in [3.8, 4) is 5.75 Å². The summed E-state index contributed by atoms with van der Waals surface area (Å²) in [6.07, 6.45) is 10.2. The smallest absolute Gasteiger partial charge is 0.239 e. The van der Waals surface area contributed by atoms with Gasteiger partial charge in [-0.25, -0.2) is 4.98 Å². The maximum atomic E-state index is 12.5. The molecule has 7 nitrogen and oxygen atoms in total. The Labute approximate surface area is 200 Å². The van der Waals surface area contributed by atoms with Crippen molar-refractivity contribution in [2.45, 2.75) is 50.6 Å². The van der Waals surface area contributed by atoms with E-state index in [1.165, 1.54) is 36.8 Å². The molecule has 0 bridgehead atoms. The third kappa shape index (κ3) is 4.85. The van der Waals surface area contributed by atoms with Crippen molar-refractivity contribution < 1.29 is 9.53 Å². The first-order valence-corrected chi connectivity index (χ1v) is 12.2. The maximum Gasteiger partial charge on any atom is 0.239 e. The van der Waals surface area contributed by atoms with Crippen LogP contribution in [0.15, 0.2) is 48.9 Å². The average Bonchev–Trinajstić information content (AvgIpc) is 2.85. The normalized spacial score (nSPS) is 21.1. The van der Waals surface area contributed by atoms with Gasteiger partial charge in [-0.05, 0) is 62.1 Å². The molecule has 5 rings (SSSR count). The Kier molecular flexibility index (Phi) is 6.63. The Morgan fingerprint density at radius 3 is 2.74 bits per heavy atom. The number of aryl methyl sites for hydroxylation is 1. The predicted molar refractivity (Wildman–Crippen MR) is 134 cm³/mol. The third-order valence-electron chi connectivity index (χ3n) is 7.30. The molecule has 2 fully saturated rings. The summed E-state index contributed by atoms with van der Waals surface area (Å²) in [6, 6.07) is 11.2. The van der Waals surface area contributed by atoms with E-state index in [1.54, 1.807) is 13.3 Å². The Morgan fingerprint density at radius 1 is 1.12 bits per heavy atom. The van der Waals surface area contributed by atoms with Gasteiger partial charge in [0.25, 0.3) is 0 Å². The fourth-order valence-corrected chi connectivity index (χ4v) is 5.42. The highest BCUT2D eigenvalue weighted by Crippen LogP contribution is 2.39. The quantitative estimate of drug-likeness (QED) is 0.558. The van der Waals surface area contributed by atoms with Crippen molar-refractivity contribution in [3.05, 3.63) is 60.0 Å². The molecule has 3 heterocycles. The van der Waals surface area contributed by atoms with E-state index in [0.29, 0.717) is 12.0 Å². The number of benzene rings is 1. The van der Waals surface area contributed by atoms with Crippen molar-refractivity contribution in [2.75, 3.05) is 32.1 Å². The van der Waals surface area contributed by atoms with Gasteiger partial charge in [0.1, 0.15) is 11.6 Å². The van der Waals surface area contributed by atoms with E-state index in [4.69, 9.17) is 4.74 Å². The summed E-state index contributed by atoms with van der Waals surface area (Å²) < 4.78 is 5.51. The number of fused-ring (bicyclic) bond motifs is 1. The topological polar surface area (TPSA) is 79.4 Å². The first kappa shape index (κ1) is 22.6. The van der Waals surface area contributed by atoms with Gasteiger partial charge in [0.15, 0.2) is 0 Å². The van der Waals surface area contributed by atoms with E-state index in [0.717, 1.165) is 35.4 Å². The lowest BCUT2D eigenvalue weighted by Crippen LogP contribution is -2.63. The van der Waals surface area contributed by atoms with Crippen LogP contribution in [0.2, 0.25) is 0 Å². The fourth-order valence-electron chi connectivity index (χ4n) is 5.42. The van der Waals surface area contributed by atoms with Crippen molar-refractivity contribution in [2.24, 2.45) is 0 Å². The number of ether oxygens (including phenoxy) is 1. The first-order valence-electron chi connectivity index (χ1n) is 12.2. The number of nitrogens with one attached hydrogen (secondary N) is 2. The van der Waals surface area contributed by atoms with E-state index in [-0.39, 0.29) is 18.5 Å². The number of pyridine rings is 2. The molecule has 1 saturated heterocycles. The van der Waals surface area contributed by atoms with Crippen molar-refractivity contribution >= 4 is 22.5 Å². The Balaban J connectivity index is 1.06.